The quantitative estimate of drug-likeness (QED) is 0.495. The van der Waals surface area contributed by atoms with Gasteiger partial charge in [0, 0.05) is 0 Å². The molecule has 146 valence electrons. The molecule has 0 saturated carbocycles. The maximum absolute atomic E-state index is 13.5. The van der Waals surface area contributed by atoms with Gasteiger partial charge in [-0.1, -0.05) is 72.8 Å². The molecule has 3 rings (SSSR count). The summed E-state index contributed by atoms with van der Waals surface area (Å²) in [5.41, 5.74) is 2.12. The summed E-state index contributed by atoms with van der Waals surface area (Å²) < 4.78 is 29.9. The average molecular weight is 398 g/mol. The number of hydrogen-bond acceptors (Lipinski definition) is 5. The van der Waals surface area contributed by atoms with Gasteiger partial charge in [-0.15, -0.1) is 0 Å². The maximum atomic E-state index is 13.5. The minimum Gasteiger partial charge on any atom is -0.497 e. The molecular formula is C22H23O5P. The van der Waals surface area contributed by atoms with E-state index in [9.17, 15) is 9.67 Å². The van der Waals surface area contributed by atoms with Crippen molar-refractivity contribution in [1.82, 2.24) is 0 Å². The third kappa shape index (κ3) is 5.31. The topological polar surface area (TPSA) is 65.0 Å². The van der Waals surface area contributed by atoms with Crippen LogP contribution in [0.4, 0.5) is 0 Å². The Balaban J connectivity index is 1.80. The Labute approximate surface area is 165 Å². The number of aliphatic hydroxyl groups is 1. The van der Waals surface area contributed by atoms with Crippen LogP contribution in [0.25, 0.3) is 0 Å². The molecule has 0 aromatic heterocycles. The van der Waals surface area contributed by atoms with Crippen molar-refractivity contribution in [2.75, 3.05) is 7.11 Å². The van der Waals surface area contributed by atoms with Crippen molar-refractivity contribution in [3.8, 4) is 5.75 Å². The van der Waals surface area contributed by atoms with E-state index in [-0.39, 0.29) is 13.2 Å². The van der Waals surface area contributed by atoms with Crippen molar-refractivity contribution < 1.29 is 23.5 Å². The predicted molar refractivity (Wildman–Crippen MR) is 108 cm³/mol. The summed E-state index contributed by atoms with van der Waals surface area (Å²) in [5, 5.41) is 10.8. The van der Waals surface area contributed by atoms with Crippen LogP contribution in [-0.4, -0.2) is 12.2 Å². The predicted octanol–water partition coefficient (Wildman–Crippen LogP) is 5.31. The zero-order chi connectivity index (χ0) is 19.8. The lowest BCUT2D eigenvalue weighted by molar-refractivity contribution is 0.133. The minimum absolute atomic E-state index is 0.0696. The van der Waals surface area contributed by atoms with Gasteiger partial charge in [-0.25, -0.2) is 0 Å². The van der Waals surface area contributed by atoms with Gasteiger partial charge >= 0.3 is 7.60 Å². The van der Waals surface area contributed by atoms with E-state index in [4.69, 9.17) is 13.8 Å². The summed E-state index contributed by atoms with van der Waals surface area (Å²) >= 11 is 0. The second-order valence-corrected chi connectivity index (χ2v) is 8.29. The highest BCUT2D eigenvalue weighted by Crippen LogP contribution is 2.60. The van der Waals surface area contributed by atoms with Crippen molar-refractivity contribution in [3.05, 3.63) is 102 Å². The summed E-state index contributed by atoms with van der Waals surface area (Å²) in [4.78, 5) is 0. The number of methoxy groups -OCH3 is 1. The smallest absolute Gasteiger partial charge is 0.364 e. The molecule has 0 aliphatic rings. The van der Waals surface area contributed by atoms with E-state index < -0.39 is 13.4 Å². The first-order valence-corrected chi connectivity index (χ1v) is 10.5. The first-order chi connectivity index (χ1) is 13.6. The standard InChI is InChI=1S/C22H23O5P/c1-25-21-14-12-20(13-15-21)22(23)28(24,26-16-18-8-4-2-5-9-18)27-17-19-10-6-3-7-11-19/h2-15,22-23H,16-17H2,1H3/t22-/m0/s1. The highest BCUT2D eigenvalue weighted by molar-refractivity contribution is 7.54. The molecule has 0 unspecified atom stereocenters. The maximum Gasteiger partial charge on any atom is 0.364 e. The third-order valence-corrected chi connectivity index (χ3v) is 6.10. The summed E-state index contributed by atoms with van der Waals surface area (Å²) in [6.07, 6.45) is 0. The number of benzene rings is 3. The molecule has 0 fully saturated rings. The van der Waals surface area contributed by atoms with Crippen LogP contribution in [0.15, 0.2) is 84.9 Å². The molecular weight excluding hydrogens is 375 g/mol. The van der Waals surface area contributed by atoms with Gasteiger partial charge in [0.15, 0.2) is 5.85 Å². The first kappa shape index (κ1) is 20.3. The van der Waals surface area contributed by atoms with Crippen LogP contribution in [0, 0.1) is 0 Å². The van der Waals surface area contributed by atoms with Gasteiger partial charge in [-0.05, 0) is 28.8 Å². The van der Waals surface area contributed by atoms with Gasteiger partial charge in [-0.3, -0.25) is 4.57 Å². The normalized spacial score (nSPS) is 12.5. The lowest BCUT2D eigenvalue weighted by Crippen LogP contribution is -2.07. The van der Waals surface area contributed by atoms with E-state index >= 15 is 0 Å². The van der Waals surface area contributed by atoms with Crippen molar-refractivity contribution in [2.24, 2.45) is 0 Å². The molecule has 0 bridgehead atoms. The SMILES string of the molecule is COc1ccc([C@@H](O)P(=O)(OCc2ccccc2)OCc2ccccc2)cc1. The van der Waals surface area contributed by atoms with Crippen molar-refractivity contribution >= 4 is 7.60 Å². The Hall–Kier alpha value is -2.43. The Bertz CT molecular complexity index is 850. The fourth-order valence-electron chi connectivity index (χ4n) is 2.61. The molecule has 28 heavy (non-hydrogen) atoms. The fourth-order valence-corrected chi connectivity index (χ4v) is 4.17. The molecule has 0 spiro atoms. The summed E-state index contributed by atoms with van der Waals surface area (Å²) in [7, 11) is -2.31. The fraction of sp³-hybridized carbons (Fsp3) is 0.182. The number of rotatable bonds is 9. The molecule has 0 aliphatic carbocycles. The van der Waals surface area contributed by atoms with Gasteiger partial charge in [0.2, 0.25) is 0 Å². The molecule has 6 heteroatoms. The Morgan fingerprint density at radius 2 is 1.25 bits per heavy atom. The largest absolute Gasteiger partial charge is 0.497 e. The molecule has 0 radical (unpaired) electrons. The van der Waals surface area contributed by atoms with Crippen LogP contribution in [0.1, 0.15) is 22.5 Å². The Morgan fingerprint density at radius 3 is 1.68 bits per heavy atom. The second kappa shape index (κ2) is 9.67. The van der Waals surface area contributed by atoms with Crippen LogP contribution in [0.2, 0.25) is 0 Å². The van der Waals surface area contributed by atoms with Crippen LogP contribution >= 0.6 is 7.60 Å². The van der Waals surface area contributed by atoms with Crippen molar-refractivity contribution in [3.63, 3.8) is 0 Å². The second-order valence-electron chi connectivity index (χ2n) is 6.20. The lowest BCUT2D eigenvalue weighted by atomic mass is 10.2. The van der Waals surface area contributed by atoms with Gasteiger partial charge in [0.25, 0.3) is 0 Å². The van der Waals surface area contributed by atoms with E-state index in [2.05, 4.69) is 0 Å². The molecule has 0 aliphatic heterocycles. The highest BCUT2D eigenvalue weighted by atomic mass is 31.2. The Morgan fingerprint density at radius 1 is 0.786 bits per heavy atom. The molecule has 1 atom stereocenters. The number of aliphatic hydroxyl groups excluding tert-OH is 1. The van der Waals surface area contributed by atoms with Crippen molar-refractivity contribution in [2.45, 2.75) is 19.1 Å². The minimum atomic E-state index is -3.87. The van der Waals surface area contributed by atoms with Crippen LogP contribution < -0.4 is 4.74 Å². The highest BCUT2D eigenvalue weighted by Gasteiger charge is 2.36. The monoisotopic (exact) mass is 398 g/mol. The average Bonchev–Trinajstić information content (AvgIpc) is 2.77. The van der Waals surface area contributed by atoms with Gasteiger partial charge in [0.1, 0.15) is 5.75 Å². The van der Waals surface area contributed by atoms with Crippen molar-refractivity contribution in [1.29, 1.82) is 0 Å². The number of hydrogen-bond donors (Lipinski definition) is 1. The summed E-state index contributed by atoms with van der Waals surface area (Å²) in [6, 6.07) is 25.4. The van der Waals surface area contributed by atoms with Gasteiger partial charge < -0.3 is 18.9 Å². The van der Waals surface area contributed by atoms with E-state index in [0.717, 1.165) is 11.1 Å². The van der Waals surface area contributed by atoms with Crippen LogP contribution in [-0.2, 0) is 26.8 Å². The van der Waals surface area contributed by atoms with E-state index in [1.54, 1.807) is 31.4 Å². The molecule has 0 heterocycles. The molecule has 3 aromatic carbocycles. The summed E-state index contributed by atoms with van der Waals surface area (Å²) in [5.74, 6) is -0.771. The van der Waals surface area contributed by atoms with Crippen LogP contribution in [0.3, 0.4) is 0 Å². The molecule has 0 amide bonds. The zero-order valence-electron chi connectivity index (χ0n) is 15.6. The molecule has 5 nitrogen and oxygen atoms in total. The summed E-state index contributed by atoms with van der Waals surface area (Å²) in [6.45, 7) is 0.139. The Kier molecular flexibility index (Phi) is 7.01. The van der Waals surface area contributed by atoms with Gasteiger partial charge in [0.05, 0.1) is 20.3 Å². The zero-order valence-corrected chi connectivity index (χ0v) is 16.5. The third-order valence-electron chi connectivity index (χ3n) is 4.22. The van der Waals surface area contributed by atoms with E-state index in [0.29, 0.717) is 11.3 Å². The molecule has 0 saturated heterocycles. The first-order valence-electron chi connectivity index (χ1n) is 8.89. The van der Waals surface area contributed by atoms with E-state index in [1.807, 2.05) is 60.7 Å². The lowest BCUT2D eigenvalue weighted by Gasteiger charge is -2.24. The molecule has 3 aromatic rings. The van der Waals surface area contributed by atoms with E-state index in [1.165, 1.54) is 0 Å². The van der Waals surface area contributed by atoms with Crippen LogP contribution in [0.5, 0.6) is 5.75 Å². The number of ether oxygens (including phenoxy) is 1. The van der Waals surface area contributed by atoms with Gasteiger partial charge in [-0.2, -0.15) is 0 Å². The molecule has 1 N–H and O–H groups in total.